The molecule has 0 aromatic heterocycles. The Bertz CT molecular complexity index is 337. The second kappa shape index (κ2) is 7.17. The molecule has 0 radical (unpaired) electrons. The molecule has 0 aliphatic heterocycles. The summed E-state index contributed by atoms with van der Waals surface area (Å²) in [5, 5.41) is 3.39. The smallest absolute Gasteiger partial charge is 0.165 e. The first-order chi connectivity index (χ1) is 8.19. The summed E-state index contributed by atoms with van der Waals surface area (Å²) in [5.41, 5.74) is 1.14. The standard InChI is InChI=1S/C14H23NO2/c1-5-9-17-14-12(10-15-11(2)3)7-6-8-13(14)16-4/h6-8,11,15H,5,9-10H2,1-4H3. The first-order valence-corrected chi connectivity index (χ1v) is 6.21. The largest absolute Gasteiger partial charge is 0.493 e. The highest BCUT2D eigenvalue weighted by molar-refractivity contribution is 5.46. The maximum absolute atomic E-state index is 5.78. The summed E-state index contributed by atoms with van der Waals surface area (Å²) in [7, 11) is 1.67. The molecule has 0 fully saturated rings. The predicted octanol–water partition coefficient (Wildman–Crippen LogP) is 2.98. The van der Waals surface area contributed by atoms with Gasteiger partial charge in [0.2, 0.25) is 0 Å². The average molecular weight is 237 g/mol. The minimum absolute atomic E-state index is 0.459. The van der Waals surface area contributed by atoms with Gasteiger partial charge in [0.05, 0.1) is 13.7 Å². The highest BCUT2D eigenvalue weighted by Crippen LogP contribution is 2.31. The Kier molecular flexibility index (Phi) is 5.84. The third kappa shape index (κ3) is 4.27. The van der Waals surface area contributed by atoms with E-state index in [2.05, 4.69) is 32.2 Å². The molecule has 0 unspecified atom stereocenters. The molecule has 1 rings (SSSR count). The second-order valence-electron chi connectivity index (χ2n) is 4.33. The van der Waals surface area contributed by atoms with Gasteiger partial charge in [-0.15, -0.1) is 0 Å². The normalized spacial score (nSPS) is 10.6. The molecule has 0 heterocycles. The first-order valence-electron chi connectivity index (χ1n) is 6.21. The Morgan fingerprint density at radius 2 is 2.06 bits per heavy atom. The number of ether oxygens (including phenoxy) is 2. The Morgan fingerprint density at radius 3 is 2.65 bits per heavy atom. The molecule has 17 heavy (non-hydrogen) atoms. The van der Waals surface area contributed by atoms with Crippen molar-refractivity contribution in [2.75, 3.05) is 13.7 Å². The fraction of sp³-hybridized carbons (Fsp3) is 0.571. The number of methoxy groups -OCH3 is 1. The van der Waals surface area contributed by atoms with Crippen LogP contribution in [0.25, 0.3) is 0 Å². The number of nitrogens with one attached hydrogen (secondary N) is 1. The van der Waals surface area contributed by atoms with E-state index in [-0.39, 0.29) is 0 Å². The van der Waals surface area contributed by atoms with Crippen LogP contribution in [0.1, 0.15) is 32.8 Å². The Hall–Kier alpha value is -1.22. The van der Waals surface area contributed by atoms with Crippen LogP contribution in [0.2, 0.25) is 0 Å². The fourth-order valence-electron chi connectivity index (χ4n) is 1.54. The molecule has 0 saturated heterocycles. The summed E-state index contributed by atoms with van der Waals surface area (Å²) in [4.78, 5) is 0. The van der Waals surface area contributed by atoms with Crippen LogP contribution in [0.3, 0.4) is 0 Å². The van der Waals surface area contributed by atoms with Crippen molar-refractivity contribution in [3.63, 3.8) is 0 Å². The zero-order valence-corrected chi connectivity index (χ0v) is 11.2. The van der Waals surface area contributed by atoms with Crippen molar-refractivity contribution in [3.05, 3.63) is 23.8 Å². The fourth-order valence-corrected chi connectivity index (χ4v) is 1.54. The van der Waals surface area contributed by atoms with Crippen LogP contribution in [0.15, 0.2) is 18.2 Å². The molecule has 1 aromatic carbocycles. The number of benzene rings is 1. The highest BCUT2D eigenvalue weighted by atomic mass is 16.5. The van der Waals surface area contributed by atoms with Gasteiger partial charge in [0.15, 0.2) is 11.5 Å². The molecule has 0 atom stereocenters. The van der Waals surface area contributed by atoms with Crippen molar-refractivity contribution in [2.24, 2.45) is 0 Å². The van der Waals surface area contributed by atoms with E-state index in [1.54, 1.807) is 7.11 Å². The maximum Gasteiger partial charge on any atom is 0.165 e. The van der Waals surface area contributed by atoms with E-state index in [0.717, 1.165) is 36.6 Å². The van der Waals surface area contributed by atoms with E-state index in [9.17, 15) is 0 Å². The molecule has 0 aliphatic rings. The lowest BCUT2D eigenvalue weighted by Crippen LogP contribution is -2.22. The van der Waals surface area contributed by atoms with Crippen LogP contribution in [0.5, 0.6) is 11.5 Å². The molecule has 0 bridgehead atoms. The number of hydrogen-bond donors (Lipinski definition) is 1. The maximum atomic E-state index is 5.78. The van der Waals surface area contributed by atoms with E-state index in [1.807, 2.05) is 12.1 Å². The minimum Gasteiger partial charge on any atom is -0.493 e. The minimum atomic E-state index is 0.459. The van der Waals surface area contributed by atoms with Gasteiger partial charge >= 0.3 is 0 Å². The van der Waals surface area contributed by atoms with Crippen LogP contribution in [-0.2, 0) is 6.54 Å². The van der Waals surface area contributed by atoms with E-state index in [1.165, 1.54) is 0 Å². The summed E-state index contributed by atoms with van der Waals surface area (Å²) in [6.45, 7) is 7.88. The third-order valence-corrected chi connectivity index (χ3v) is 2.43. The molecule has 0 spiro atoms. The van der Waals surface area contributed by atoms with Gasteiger partial charge in [-0.3, -0.25) is 0 Å². The number of para-hydroxylation sites is 1. The van der Waals surface area contributed by atoms with Gasteiger partial charge in [0.25, 0.3) is 0 Å². The van der Waals surface area contributed by atoms with Crippen LogP contribution in [0.4, 0.5) is 0 Å². The van der Waals surface area contributed by atoms with Crippen LogP contribution in [0, 0.1) is 0 Å². The third-order valence-electron chi connectivity index (χ3n) is 2.43. The summed E-state index contributed by atoms with van der Waals surface area (Å²) >= 11 is 0. The number of rotatable bonds is 7. The summed E-state index contributed by atoms with van der Waals surface area (Å²) in [5.74, 6) is 1.67. The van der Waals surface area contributed by atoms with Gasteiger partial charge in [-0.1, -0.05) is 32.9 Å². The van der Waals surface area contributed by atoms with Crippen LogP contribution in [-0.4, -0.2) is 19.8 Å². The SMILES string of the molecule is CCCOc1c(CNC(C)C)cccc1OC. The van der Waals surface area contributed by atoms with Crippen molar-refractivity contribution < 1.29 is 9.47 Å². The monoisotopic (exact) mass is 237 g/mol. The quantitative estimate of drug-likeness (QED) is 0.791. The molecule has 1 aromatic rings. The van der Waals surface area contributed by atoms with E-state index >= 15 is 0 Å². The van der Waals surface area contributed by atoms with Gasteiger partial charge < -0.3 is 14.8 Å². The molecule has 0 aliphatic carbocycles. The van der Waals surface area contributed by atoms with Crippen molar-refractivity contribution in [1.82, 2.24) is 5.32 Å². The second-order valence-corrected chi connectivity index (χ2v) is 4.33. The molecule has 0 amide bonds. The van der Waals surface area contributed by atoms with E-state index < -0.39 is 0 Å². The average Bonchev–Trinajstić information content (AvgIpc) is 2.33. The number of hydrogen-bond acceptors (Lipinski definition) is 3. The highest BCUT2D eigenvalue weighted by Gasteiger charge is 2.10. The Balaban J connectivity index is 2.85. The molecular weight excluding hydrogens is 214 g/mol. The predicted molar refractivity (Wildman–Crippen MR) is 70.8 cm³/mol. The zero-order valence-electron chi connectivity index (χ0n) is 11.2. The Morgan fingerprint density at radius 1 is 1.29 bits per heavy atom. The molecule has 96 valence electrons. The summed E-state index contributed by atoms with van der Waals surface area (Å²) in [6.07, 6.45) is 0.995. The Labute approximate surface area is 104 Å². The van der Waals surface area contributed by atoms with Crippen molar-refractivity contribution in [2.45, 2.75) is 39.8 Å². The van der Waals surface area contributed by atoms with Gasteiger partial charge in [-0.05, 0) is 12.5 Å². The van der Waals surface area contributed by atoms with Crippen molar-refractivity contribution >= 4 is 0 Å². The van der Waals surface area contributed by atoms with Crippen LogP contribution < -0.4 is 14.8 Å². The van der Waals surface area contributed by atoms with Gasteiger partial charge in [0.1, 0.15) is 0 Å². The van der Waals surface area contributed by atoms with Crippen molar-refractivity contribution in [3.8, 4) is 11.5 Å². The lowest BCUT2D eigenvalue weighted by molar-refractivity contribution is 0.290. The molecule has 1 N–H and O–H groups in total. The van der Waals surface area contributed by atoms with Gasteiger partial charge in [-0.2, -0.15) is 0 Å². The molecular formula is C14H23NO2. The zero-order chi connectivity index (χ0) is 12.7. The first kappa shape index (κ1) is 13.8. The lowest BCUT2D eigenvalue weighted by Gasteiger charge is -2.16. The lowest BCUT2D eigenvalue weighted by atomic mass is 10.1. The molecule has 3 nitrogen and oxygen atoms in total. The van der Waals surface area contributed by atoms with E-state index in [0.29, 0.717) is 6.04 Å². The van der Waals surface area contributed by atoms with Gasteiger partial charge in [-0.25, -0.2) is 0 Å². The summed E-state index contributed by atoms with van der Waals surface area (Å²) < 4.78 is 11.1. The molecule has 0 saturated carbocycles. The van der Waals surface area contributed by atoms with Crippen LogP contribution >= 0.6 is 0 Å². The van der Waals surface area contributed by atoms with E-state index in [4.69, 9.17) is 9.47 Å². The van der Waals surface area contributed by atoms with Crippen molar-refractivity contribution in [1.29, 1.82) is 0 Å². The molecule has 3 heteroatoms. The van der Waals surface area contributed by atoms with Gasteiger partial charge in [0, 0.05) is 18.2 Å². The topological polar surface area (TPSA) is 30.5 Å². The summed E-state index contributed by atoms with van der Waals surface area (Å²) in [6, 6.07) is 6.46.